The number of hydrazine groups is 1. The van der Waals surface area contributed by atoms with Crippen LogP contribution in [0, 0.1) is 0 Å². The quantitative estimate of drug-likeness (QED) is 0.925. The average molecular weight is 272 g/mol. The Kier molecular flexibility index (Phi) is 4.16. The first kappa shape index (κ1) is 13.4. The molecule has 1 heterocycles. The molecule has 0 aliphatic carbocycles. The number of ether oxygens (including phenoxy) is 2. The van der Waals surface area contributed by atoms with Gasteiger partial charge in [-0.2, -0.15) is 0 Å². The minimum Gasteiger partial charge on any atom is -0.497 e. The zero-order valence-corrected chi connectivity index (χ0v) is 11.8. The van der Waals surface area contributed by atoms with E-state index in [0.717, 1.165) is 38.6 Å². The number of hydrogen-bond donors (Lipinski definition) is 1. The minimum atomic E-state index is 0.810. The molecule has 4 nitrogen and oxygen atoms in total. The summed E-state index contributed by atoms with van der Waals surface area (Å²) in [4.78, 5) is 0. The van der Waals surface area contributed by atoms with Crippen LogP contribution in [0.15, 0.2) is 36.4 Å². The molecule has 0 amide bonds. The molecular weight excluding hydrogens is 252 g/mol. The van der Waals surface area contributed by atoms with Gasteiger partial charge in [-0.3, -0.25) is 5.43 Å². The van der Waals surface area contributed by atoms with Crippen LogP contribution >= 0.6 is 0 Å². The summed E-state index contributed by atoms with van der Waals surface area (Å²) in [7, 11) is 1.70. The highest BCUT2D eigenvalue weighted by atomic mass is 16.5. The van der Waals surface area contributed by atoms with E-state index >= 15 is 0 Å². The van der Waals surface area contributed by atoms with Crippen LogP contribution in [0.25, 0.3) is 10.8 Å². The Morgan fingerprint density at radius 3 is 2.65 bits per heavy atom. The van der Waals surface area contributed by atoms with Crippen LogP contribution in [0.2, 0.25) is 0 Å². The number of fused-ring (bicyclic) bond motifs is 1. The number of rotatable bonds is 4. The van der Waals surface area contributed by atoms with Gasteiger partial charge in [0.25, 0.3) is 0 Å². The summed E-state index contributed by atoms with van der Waals surface area (Å²) < 4.78 is 10.6. The fourth-order valence-electron chi connectivity index (χ4n) is 2.43. The second-order valence-corrected chi connectivity index (χ2v) is 4.98. The van der Waals surface area contributed by atoms with Crippen LogP contribution in [-0.4, -0.2) is 38.4 Å². The van der Waals surface area contributed by atoms with Gasteiger partial charge in [0.2, 0.25) is 0 Å². The molecule has 1 fully saturated rings. The number of nitrogens with one attached hydrogen (secondary N) is 1. The third-order valence-corrected chi connectivity index (χ3v) is 3.63. The number of nitrogens with zero attached hydrogens (tertiary/aromatic N) is 1. The zero-order valence-electron chi connectivity index (χ0n) is 11.8. The first-order chi connectivity index (χ1) is 9.85. The summed E-state index contributed by atoms with van der Waals surface area (Å²) in [5.74, 6) is 0.900. The second kappa shape index (κ2) is 6.22. The Hall–Kier alpha value is -1.62. The molecule has 1 aliphatic heterocycles. The first-order valence-corrected chi connectivity index (χ1v) is 6.98. The molecule has 20 heavy (non-hydrogen) atoms. The molecule has 1 saturated heterocycles. The van der Waals surface area contributed by atoms with E-state index in [1.165, 1.54) is 16.3 Å². The van der Waals surface area contributed by atoms with Crippen molar-refractivity contribution in [1.82, 2.24) is 10.4 Å². The van der Waals surface area contributed by atoms with Crippen molar-refractivity contribution >= 4 is 10.8 Å². The molecule has 0 bridgehead atoms. The van der Waals surface area contributed by atoms with E-state index in [0.29, 0.717) is 0 Å². The van der Waals surface area contributed by atoms with Crippen molar-refractivity contribution in [1.29, 1.82) is 0 Å². The lowest BCUT2D eigenvalue weighted by Crippen LogP contribution is -2.45. The predicted octanol–water partition coefficient (Wildman–Crippen LogP) is 2.19. The Morgan fingerprint density at radius 1 is 1.10 bits per heavy atom. The number of hydrogen-bond acceptors (Lipinski definition) is 4. The lowest BCUT2D eigenvalue weighted by Gasteiger charge is -2.27. The van der Waals surface area contributed by atoms with Crippen LogP contribution in [0.1, 0.15) is 5.56 Å². The highest BCUT2D eigenvalue weighted by Crippen LogP contribution is 2.21. The van der Waals surface area contributed by atoms with Crippen molar-refractivity contribution in [2.75, 3.05) is 33.4 Å². The SMILES string of the molecule is COc1ccc2cc(CNN3CCOCC3)ccc2c1. The van der Waals surface area contributed by atoms with Gasteiger partial charge in [0.05, 0.1) is 20.3 Å². The van der Waals surface area contributed by atoms with E-state index in [2.05, 4.69) is 40.8 Å². The van der Waals surface area contributed by atoms with Crippen LogP contribution in [0.4, 0.5) is 0 Å². The predicted molar refractivity (Wildman–Crippen MR) is 79.7 cm³/mol. The fourth-order valence-corrected chi connectivity index (χ4v) is 2.43. The van der Waals surface area contributed by atoms with E-state index in [-0.39, 0.29) is 0 Å². The van der Waals surface area contributed by atoms with Gasteiger partial charge in [-0.1, -0.05) is 18.2 Å². The van der Waals surface area contributed by atoms with Gasteiger partial charge >= 0.3 is 0 Å². The highest BCUT2D eigenvalue weighted by molar-refractivity contribution is 5.84. The summed E-state index contributed by atoms with van der Waals surface area (Å²) in [6, 6.07) is 12.7. The normalized spacial score (nSPS) is 16.4. The van der Waals surface area contributed by atoms with E-state index in [1.54, 1.807) is 7.11 Å². The largest absolute Gasteiger partial charge is 0.497 e. The summed E-state index contributed by atoms with van der Waals surface area (Å²) in [5.41, 5.74) is 4.74. The molecule has 106 valence electrons. The Bertz CT molecular complexity index is 580. The molecule has 2 aromatic carbocycles. The van der Waals surface area contributed by atoms with E-state index < -0.39 is 0 Å². The molecule has 0 spiro atoms. The van der Waals surface area contributed by atoms with Crippen molar-refractivity contribution in [2.24, 2.45) is 0 Å². The fraction of sp³-hybridized carbons (Fsp3) is 0.375. The first-order valence-electron chi connectivity index (χ1n) is 6.98. The third kappa shape index (κ3) is 3.10. The molecule has 0 aromatic heterocycles. The summed E-state index contributed by atoms with van der Waals surface area (Å²) in [6.07, 6.45) is 0. The summed E-state index contributed by atoms with van der Waals surface area (Å²) >= 11 is 0. The van der Waals surface area contributed by atoms with Crippen LogP contribution in [0.5, 0.6) is 5.75 Å². The molecule has 2 aromatic rings. The molecule has 1 aliphatic rings. The Morgan fingerprint density at radius 2 is 1.85 bits per heavy atom. The van der Waals surface area contributed by atoms with Gasteiger partial charge in [0.15, 0.2) is 0 Å². The third-order valence-electron chi connectivity index (χ3n) is 3.63. The smallest absolute Gasteiger partial charge is 0.119 e. The van der Waals surface area contributed by atoms with Gasteiger partial charge in [0, 0.05) is 19.6 Å². The van der Waals surface area contributed by atoms with Gasteiger partial charge in [0.1, 0.15) is 5.75 Å². The van der Waals surface area contributed by atoms with Crippen LogP contribution in [-0.2, 0) is 11.3 Å². The van der Waals surface area contributed by atoms with Gasteiger partial charge in [-0.15, -0.1) is 0 Å². The molecule has 4 heteroatoms. The van der Waals surface area contributed by atoms with Gasteiger partial charge in [-0.25, -0.2) is 5.01 Å². The Balaban J connectivity index is 1.69. The number of methoxy groups -OCH3 is 1. The van der Waals surface area contributed by atoms with E-state index in [9.17, 15) is 0 Å². The number of benzene rings is 2. The Labute approximate surface area is 119 Å². The maximum absolute atomic E-state index is 5.34. The average Bonchev–Trinajstić information content (AvgIpc) is 2.53. The summed E-state index contributed by atoms with van der Waals surface area (Å²) in [6.45, 7) is 4.37. The molecule has 1 N–H and O–H groups in total. The molecule has 0 atom stereocenters. The monoisotopic (exact) mass is 272 g/mol. The van der Waals surface area contributed by atoms with Crippen molar-refractivity contribution in [2.45, 2.75) is 6.54 Å². The van der Waals surface area contributed by atoms with Gasteiger partial charge < -0.3 is 9.47 Å². The topological polar surface area (TPSA) is 33.7 Å². The van der Waals surface area contributed by atoms with Crippen LogP contribution < -0.4 is 10.2 Å². The maximum atomic E-state index is 5.34. The van der Waals surface area contributed by atoms with Crippen molar-refractivity contribution in [3.63, 3.8) is 0 Å². The molecule has 0 saturated carbocycles. The molecular formula is C16H20N2O2. The molecule has 0 radical (unpaired) electrons. The lowest BCUT2D eigenvalue weighted by atomic mass is 10.1. The summed E-state index contributed by atoms with van der Waals surface area (Å²) in [5, 5.41) is 4.67. The standard InChI is InChI=1S/C16H20N2O2/c1-19-16-5-4-14-10-13(2-3-15(14)11-16)12-17-18-6-8-20-9-7-18/h2-5,10-11,17H,6-9,12H2,1H3. The van der Waals surface area contributed by atoms with E-state index in [4.69, 9.17) is 9.47 Å². The maximum Gasteiger partial charge on any atom is 0.119 e. The zero-order chi connectivity index (χ0) is 13.8. The van der Waals surface area contributed by atoms with Crippen LogP contribution in [0.3, 0.4) is 0 Å². The molecule has 3 rings (SSSR count). The lowest BCUT2D eigenvalue weighted by molar-refractivity contribution is 0.0106. The van der Waals surface area contributed by atoms with E-state index in [1.807, 2.05) is 6.07 Å². The number of morpholine rings is 1. The second-order valence-electron chi connectivity index (χ2n) is 4.98. The molecule has 0 unspecified atom stereocenters. The van der Waals surface area contributed by atoms with Crippen molar-refractivity contribution < 1.29 is 9.47 Å². The van der Waals surface area contributed by atoms with Crippen molar-refractivity contribution in [3.05, 3.63) is 42.0 Å². The minimum absolute atomic E-state index is 0.810. The van der Waals surface area contributed by atoms with Gasteiger partial charge in [-0.05, 0) is 34.5 Å². The highest BCUT2D eigenvalue weighted by Gasteiger charge is 2.09. The van der Waals surface area contributed by atoms with Crippen molar-refractivity contribution in [3.8, 4) is 5.75 Å².